The van der Waals surface area contributed by atoms with Crippen LogP contribution in [0.5, 0.6) is 0 Å². The maximum absolute atomic E-state index is 12.8. The average molecular weight is 231 g/mol. The van der Waals surface area contributed by atoms with Gasteiger partial charge in [0.05, 0.1) is 5.56 Å². The minimum Gasteiger partial charge on any atom is -0.204 e. The molecule has 0 unspecified atom stereocenters. The molecule has 0 aliphatic heterocycles. The van der Waals surface area contributed by atoms with E-state index in [0.29, 0.717) is 6.07 Å². The van der Waals surface area contributed by atoms with E-state index in [1.165, 1.54) is 0 Å². The highest BCUT2D eigenvalue weighted by Crippen LogP contribution is 2.35. The molecular weight excluding hydrogens is 227 g/mol. The summed E-state index contributed by atoms with van der Waals surface area (Å²) in [5, 5.41) is 0. The molecule has 1 aromatic carbocycles. The number of benzene rings is 1. The zero-order chi connectivity index (χ0) is 10.9. The molecule has 0 spiro atoms. The van der Waals surface area contributed by atoms with E-state index in [0.717, 1.165) is 6.07 Å². The van der Waals surface area contributed by atoms with Crippen LogP contribution >= 0.6 is 11.6 Å². The second-order valence-electron chi connectivity index (χ2n) is 2.53. The molecule has 0 amide bonds. The quantitative estimate of drug-likeness (QED) is 0.509. The summed E-state index contributed by atoms with van der Waals surface area (Å²) in [5.74, 6) is -3.96. The normalized spacial score (nSPS) is 11.9. The third kappa shape index (κ3) is 1.97. The lowest BCUT2D eigenvalue weighted by atomic mass is 10.1. The monoisotopic (exact) mass is 230 g/mol. The van der Waals surface area contributed by atoms with Crippen molar-refractivity contribution in [2.75, 3.05) is 0 Å². The summed E-state index contributed by atoms with van der Waals surface area (Å²) in [4.78, 5) is 0. The largest absolute Gasteiger partial charge is 0.419 e. The number of hydrogen-bond donors (Lipinski definition) is 0. The predicted molar refractivity (Wildman–Crippen MR) is 40.9 cm³/mol. The topological polar surface area (TPSA) is 0 Å². The summed E-state index contributed by atoms with van der Waals surface area (Å²) in [5.41, 5.74) is -2.11. The van der Waals surface area contributed by atoms with Crippen LogP contribution < -0.4 is 0 Å². The molecule has 0 aliphatic rings. The molecule has 6 heteroatoms. The van der Waals surface area contributed by atoms with E-state index in [1.54, 1.807) is 0 Å². The van der Waals surface area contributed by atoms with Crippen LogP contribution in [0, 0.1) is 11.6 Å². The molecule has 0 bridgehead atoms. The van der Waals surface area contributed by atoms with E-state index in [1.807, 2.05) is 0 Å². The summed E-state index contributed by atoms with van der Waals surface area (Å²) in [7, 11) is 0. The molecule has 0 N–H and O–H groups in total. The van der Waals surface area contributed by atoms with Gasteiger partial charge in [-0.05, 0) is 11.6 Å². The van der Waals surface area contributed by atoms with Crippen LogP contribution in [-0.4, -0.2) is 0 Å². The Labute approximate surface area is 81.3 Å². The zero-order valence-corrected chi connectivity index (χ0v) is 7.39. The first-order chi connectivity index (χ1) is 6.38. The van der Waals surface area contributed by atoms with Crippen molar-refractivity contribution in [2.24, 2.45) is 0 Å². The minimum atomic E-state index is -4.93. The second-order valence-corrected chi connectivity index (χ2v) is 2.79. The second kappa shape index (κ2) is 3.73. The Morgan fingerprint density at radius 3 is 2.14 bits per heavy atom. The van der Waals surface area contributed by atoms with Gasteiger partial charge >= 0.3 is 6.18 Å². The molecule has 78 valence electrons. The molecule has 0 aliphatic carbocycles. The van der Waals surface area contributed by atoms with Crippen molar-refractivity contribution in [3.8, 4) is 0 Å². The van der Waals surface area contributed by atoms with Crippen LogP contribution in [0.1, 0.15) is 11.1 Å². The Hall–Kier alpha value is -0.840. The predicted octanol–water partition coefficient (Wildman–Crippen LogP) is 3.72. The first-order valence-electron chi connectivity index (χ1n) is 3.48. The summed E-state index contributed by atoms with van der Waals surface area (Å²) in [6.07, 6.45) is -4.93. The van der Waals surface area contributed by atoms with Crippen LogP contribution in [-0.2, 0) is 12.1 Å². The fourth-order valence-electron chi connectivity index (χ4n) is 1.01. The minimum absolute atomic E-state index is 0.474. The van der Waals surface area contributed by atoms with Crippen LogP contribution in [0.3, 0.4) is 0 Å². The van der Waals surface area contributed by atoms with Gasteiger partial charge in [0.2, 0.25) is 0 Å². The Morgan fingerprint density at radius 1 is 1.14 bits per heavy atom. The lowest BCUT2D eigenvalue weighted by Crippen LogP contribution is -2.12. The molecule has 1 aromatic rings. The van der Waals surface area contributed by atoms with E-state index >= 15 is 0 Å². The standard InChI is InChI=1S/C8H4ClF5/c9-3-4-1-2-5(10)7(11)6(4)8(12,13)14/h1-2H,3H2. The first kappa shape index (κ1) is 11.2. The maximum atomic E-state index is 12.8. The number of rotatable bonds is 1. The van der Waals surface area contributed by atoms with Crippen molar-refractivity contribution in [3.63, 3.8) is 0 Å². The van der Waals surface area contributed by atoms with Gasteiger partial charge in [-0.2, -0.15) is 13.2 Å². The van der Waals surface area contributed by atoms with Gasteiger partial charge < -0.3 is 0 Å². The van der Waals surface area contributed by atoms with E-state index in [4.69, 9.17) is 11.6 Å². The van der Waals surface area contributed by atoms with E-state index in [9.17, 15) is 22.0 Å². The molecule has 0 aromatic heterocycles. The first-order valence-corrected chi connectivity index (χ1v) is 4.01. The van der Waals surface area contributed by atoms with Gasteiger partial charge in [-0.25, -0.2) is 8.78 Å². The van der Waals surface area contributed by atoms with Crippen molar-refractivity contribution >= 4 is 11.6 Å². The van der Waals surface area contributed by atoms with E-state index in [2.05, 4.69) is 0 Å². The van der Waals surface area contributed by atoms with Crippen LogP contribution in [0.2, 0.25) is 0 Å². The van der Waals surface area contributed by atoms with Crippen molar-refractivity contribution in [2.45, 2.75) is 12.1 Å². The highest BCUT2D eigenvalue weighted by atomic mass is 35.5. The lowest BCUT2D eigenvalue weighted by molar-refractivity contribution is -0.140. The highest BCUT2D eigenvalue weighted by Gasteiger charge is 2.37. The molecule has 0 heterocycles. The Bertz CT molecular complexity index is 344. The molecule has 0 fully saturated rings. The van der Waals surface area contributed by atoms with Gasteiger partial charge in [-0.3, -0.25) is 0 Å². The number of halogens is 6. The van der Waals surface area contributed by atoms with E-state index in [-0.39, 0.29) is 0 Å². The molecule has 0 atom stereocenters. The van der Waals surface area contributed by atoms with Crippen LogP contribution in [0.4, 0.5) is 22.0 Å². The third-order valence-corrected chi connectivity index (χ3v) is 1.90. The zero-order valence-electron chi connectivity index (χ0n) is 6.63. The lowest BCUT2D eigenvalue weighted by Gasteiger charge is -2.12. The molecule has 0 radical (unpaired) electrons. The van der Waals surface area contributed by atoms with Crippen molar-refractivity contribution in [3.05, 3.63) is 34.9 Å². The van der Waals surface area contributed by atoms with Crippen molar-refractivity contribution < 1.29 is 22.0 Å². The summed E-state index contributed by atoms with van der Waals surface area (Å²) in [6.45, 7) is 0. The summed E-state index contributed by atoms with van der Waals surface area (Å²) >= 11 is 5.17. The van der Waals surface area contributed by atoms with Crippen molar-refractivity contribution in [1.29, 1.82) is 0 Å². The van der Waals surface area contributed by atoms with E-state index < -0.39 is 34.8 Å². The van der Waals surface area contributed by atoms with Crippen molar-refractivity contribution in [1.82, 2.24) is 0 Å². The smallest absolute Gasteiger partial charge is 0.204 e. The molecule has 1 rings (SSSR count). The fourth-order valence-corrected chi connectivity index (χ4v) is 1.23. The average Bonchev–Trinajstić information content (AvgIpc) is 2.07. The Morgan fingerprint density at radius 2 is 1.71 bits per heavy atom. The van der Waals surface area contributed by atoms with Gasteiger partial charge in [0.25, 0.3) is 0 Å². The van der Waals surface area contributed by atoms with Gasteiger partial charge in [0.15, 0.2) is 11.6 Å². The van der Waals surface area contributed by atoms with Gasteiger partial charge in [0.1, 0.15) is 0 Å². The molecule has 14 heavy (non-hydrogen) atoms. The molecular formula is C8H4ClF5. The summed E-state index contributed by atoms with van der Waals surface area (Å²) in [6, 6.07) is 1.43. The molecule has 0 saturated heterocycles. The SMILES string of the molecule is Fc1ccc(CCl)c(C(F)(F)F)c1F. The van der Waals surface area contributed by atoms with Crippen LogP contribution in [0.15, 0.2) is 12.1 Å². The number of alkyl halides is 4. The van der Waals surface area contributed by atoms with Gasteiger partial charge in [0, 0.05) is 5.88 Å². The summed E-state index contributed by atoms with van der Waals surface area (Å²) < 4.78 is 61.9. The van der Waals surface area contributed by atoms with Gasteiger partial charge in [-0.1, -0.05) is 6.07 Å². The Balaban J connectivity index is 3.44. The molecule has 0 nitrogen and oxygen atoms in total. The maximum Gasteiger partial charge on any atom is 0.419 e. The van der Waals surface area contributed by atoms with Crippen LogP contribution in [0.25, 0.3) is 0 Å². The fraction of sp³-hybridized carbons (Fsp3) is 0.250. The van der Waals surface area contributed by atoms with Gasteiger partial charge in [-0.15, -0.1) is 11.6 Å². The number of hydrogen-bond acceptors (Lipinski definition) is 0. The Kier molecular flexibility index (Phi) is 2.99. The molecule has 0 saturated carbocycles. The third-order valence-electron chi connectivity index (χ3n) is 1.61. The highest BCUT2D eigenvalue weighted by molar-refractivity contribution is 6.17.